The van der Waals surface area contributed by atoms with Crippen LogP contribution in [0, 0.1) is 0 Å². The van der Waals surface area contributed by atoms with Crippen LogP contribution in [0.2, 0.25) is 0 Å². The topological polar surface area (TPSA) is 73.3 Å². The van der Waals surface area contributed by atoms with Gasteiger partial charge in [-0.05, 0) is 36.8 Å². The number of nitrogen functional groups attached to an aromatic ring is 1. The lowest BCUT2D eigenvalue weighted by molar-refractivity contribution is 0.314. The maximum absolute atomic E-state index is 5.71. The molecule has 0 fully saturated rings. The number of nitrogens with two attached hydrogens (primary N) is 1. The van der Waals surface area contributed by atoms with E-state index in [0.717, 1.165) is 29.8 Å². The number of nitrogens with one attached hydrogen (secondary N) is 1. The quantitative estimate of drug-likeness (QED) is 0.536. The van der Waals surface area contributed by atoms with Gasteiger partial charge in [-0.25, -0.2) is 0 Å². The highest BCUT2D eigenvalue weighted by Gasteiger charge is 2.04. The lowest BCUT2D eigenvalue weighted by Gasteiger charge is -2.05. The summed E-state index contributed by atoms with van der Waals surface area (Å²) in [7, 11) is 0. The standard InChI is InChI=1S/C16H17N3O2/c17-12-7-8-15-14(11-12)19-16(21-15)18-9-4-10-20-13-5-2-1-3-6-13/h1-3,5-8,11H,4,9-10,17H2,(H,18,19). The predicted octanol–water partition coefficient (Wildman–Crippen LogP) is 3.29. The van der Waals surface area contributed by atoms with Crippen molar-refractivity contribution in [3.63, 3.8) is 0 Å². The zero-order valence-corrected chi connectivity index (χ0v) is 11.6. The van der Waals surface area contributed by atoms with Crippen LogP contribution < -0.4 is 15.8 Å². The number of fused-ring (bicyclic) bond motifs is 1. The number of oxazole rings is 1. The number of benzene rings is 2. The van der Waals surface area contributed by atoms with Crippen molar-refractivity contribution in [2.75, 3.05) is 24.2 Å². The van der Waals surface area contributed by atoms with Crippen molar-refractivity contribution in [3.05, 3.63) is 48.5 Å². The normalized spacial score (nSPS) is 10.7. The van der Waals surface area contributed by atoms with Gasteiger partial charge in [-0.3, -0.25) is 0 Å². The molecule has 1 heterocycles. The first-order chi connectivity index (χ1) is 10.3. The summed E-state index contributed by atoms with van der Waals surface area (Å²) < 4.78 is 11.2. The van der Waals surface area contributed by atoms with E-state index in [1.54, 1.807) is 12.1 Å². The van der Waals surface area contributed by atoms with Gasteiger partial charge >= 0.3 is 0 Å². The van der Waals surface area contributed by atoms with Crippen molar-refractivity contribution in [2.45, 2.75) is 6.42 Å². The molecule has 0 spiro atoms. The summed E-state index contributed by atoms with van der Waals surface area (Å²) in [5.41, 5.74) is 7.88. The lowest BCUT2D eigenvalue weighted by atomic mass is 10.3. The Labute approximate surface area is 122 Å². The Morgan fingerprint density at radius 2 is 2.00 bits per heavy atom. The minimum atomic E-state index is 0.510. The summed E-state index contributed by atoms with van der Waals surface area (Å²) in [5, 5.41) is 3.14. The first-order valence-electron chi connectivity index (χ1n) is 6.89. The molecule has 0 aliphatic carbocycles. The van der Waals surface area contributed by atoms with Crippen molar-refractivity contribution in [3.8, 4) is 5.75 Å². The molecule has 0 atom stereocenters. The van der Waals surface area contributed by atoms with Gasteiger partial charge in [-0.1, -0.05) is 18.2 Å². The predicted molar refractivity (Wildman–Crippen MR) is 83.5 cm³/mol. The molecule has 5 heteroatoms. The third kappa shape index (κ3) is 3.45. The fourth-order valence-electron chi connectivity index (χ4n) is 1.99. The molecule has 0 amide bonds. The summed E-state index contributed by atoms with van der Waals surface area (Å²) in [4.78, 5) is 4.33. The molecule has 0 unspecified atom stereocenters. The van der Waals surface area contributed by atoms with Gasteiger partial charge in [0.1, 0.15) is 11.3 Å². The van der Waals surface area contributed by atoms with Crippen LogP contribution in [-0.4, -0.2) is 18.1 Å². The largest absolute Gasteiger partial charge is 0.494 e. The van der Waals surface area contributed by atoms with E-state index in [1.165, 1.54) is 0 Å². The zero-order valence-electron chi connectivity index (χ0n) is 11.6. The van der Waals surface area contributed by atoms with E-state index in [1.807, 2.05) is 36.4 Å². The number of hydrogen-bond donors (Lipinski definition) is 2. The molecule has 0 saturated heterocycles. The van der Waals surface area contributed by atoms with Crippen molar-refractivity contribution in [2.24, 2.45) is 0 Å². The molecule has 0 aliphatic rings. The molecule has 3 N–H and O–H groups in total. The van der Waals surface area contributed by atoms with Crippen LogP contribution in [0.15, 0.2) is 52.9 Å². The molecule has 0 bridgehead atoms. The molecule has 2 aromatic carbocycles. The van der Waals surface area contributed by atoms with Crippen LogP contribution in [0.3, 0.4) is 0 Å². The van der Waals surface area contributed by atoms with E-state index >= 15 is 0 Å². The molecule has 0 aliphatic heterocycles. The second-order valence-corrected chi connectivity index (χ2v) is 4.69. The average molecular weight is 283 g/mol. The van der Waals surface area contributed by atoms with Crippen LogP contribution >= 0.6 is 0 Å². The Hall–Kier alpha value is -2.69. The molecular weight excluding hydrogens is 266 g/mol. The molecule has 0 saturated carbocycles. The number of ether oxygens (including phenoxy) is 1. The monoisotopic (exact) mass is 283 g/mol. The Kier molecular flexibility index (Phi) is 3.91. The SMILES string of the molecule is Nc1ccc2oc(NCCCOc3ccccc3)nc2c1. The van der Waals surface area contributed by atoms with E-state index in [4.69, 9.17) is 14.9 Å². The van der Waals surface area contributed by atoms with Gasteiger partial charge in [0.25, 0.3) is 6.01 Å². The van der Waals surface area contributed by atoms with Crippen molar-refractivity contribution in [1.82, 2.24) is 4.98 Å². The summed E-state index contributed by atoms with van der Waals surface area (Å²) in [6.45, 7) is 1.37. The third-order valence-corrected chi connectivity index (χ3v) is 3.02. The Morgan fingerprint density at radius 1 is 1.14 bits per heavy atom. The van der Waals surface area contributed by atoms with E-state index < -0.39 is 0 Å². The van der Waals surface area contributed by atoms with Gasteiger partial charge in [0.2, 0.25) is 0 Å². The van der Waals surface area contributed by atoms with Crippen LogP contribution in [0.1, 0.15) is 6.42 Å². The highest BCUT2D eigenvalue weighted by Crippen LogP contribution is 2.20. The van der Waals surface area contributed by atoms with Crippen LogP contribution in [0.5, 0.6) is 5.75 Å². The van der Waals surface area contributed by atoms with E-state index in [2.05, 4.69) is 10.3 Å². The van der Waals surface area contributed by atoms with Gasteiger partial charge in [-0.15, -0.1) is 0 Å². The van der Waals surface area contributed by atoms with Gasteiger partial charge in [0.05, 0.1) is 6.61 Å². The molecule has 21 heavy (non-hydrogen) atoms. The first-order valence-corrected chi connectivity index (χ1v) is 6.89. The zero-order chi connectivity index (χ0) is 14.5. The van der Waals surface area contributed by atoms with Gasteiger partial charge in [-0.2, -0.15) is 4.98 Å². The highest BCUT2D eigenvalue weighted by molar-refractivity contribution is 5.78. The summed E-state index contributed by atoms with van der Waals surface area (Å²) in [6.07, 6.45) is 0.857. The van der Waals surface area contributed by atoms with E-state index in [-0.39, 0.29) is 0 Å². The molecule has 3 rings (SSSR count). The minimum absolute atomic E-state index is 0.510. The van der Waals surface area contributed by atoms with Gasteiger partial charge < -0.3 is 20.2 Å². The summed E-state index contributed by atoms with van der Waals surface area (Å²) >= 11 is 0. The average Bonchev–Trinajstić information content (AvgIpc) is 2.90. The van der Waals surface area contributed by atoms with Crippen molar-refractivity contribution in [1.29, 1.82) is 0 Å². The van der Waals surface area contributed by atoms with Crippen molar-refractivity contribution < 1.29 is 9.15 Å². The van der Waals surface area contributed by atoms with E-state index in [9.17, 15) is 0 Å². The van der Waals surface area contributed by atoms with Gasteiger partial charge in [0.15, 0.2) is 5.58 Å². The smallest absolute Gasteiger partial charge is 0.295 e. The van der Waals surface area contributed by atoms with Crippen LogP contribution in [0.25, 0.3) is 11.1 Å². The Balaban J connectivity index is 1.46. The van der Waals surface area contributed by atoms with Crippen LogP contribution in [-0.2, 0) is 0 Å². The maximum atomic E-state index is 5.71. The molecule has 1 aromatic heterocycles. The third-order valence-electron chi connectivity index (χ3n) is 3.02. The number of para-hydroxylation sites is 1. The number of rotatable bonds is 6. The second kappa shape index (κ2) is 6.17. The lowest BCUT2D eigenvalue weighted by Crippen LogP contribution is -2.07. The molecule has 5 nitrogen and oxygen atoms in total. The number of nitrogens with zero attached hydrogens (tertiary/aromatic N) is 1. The minimum Gasteiger partial charge on any atom is -0.494 e. The fourth-order valence-corrected chi connectivity index (χ4v) is 1.99. The number of hydrogen-bond acceptors (Lipinski definition) is 5. The molecular formula is C16H17N3O2. The second-order valence-electron chi connectivity index (χ2n) is 4.69. The van der Waals surface area contributed by atoms with Crippen molar-refractivity contribution >= 4 is 22.8 Å². The van der Waals surface area contributed by atoms with Crippen LogP contribution in [0.4, 0.5) is 11.7 Å². The maximum Gasteiger partial charge on any atom is 0.295 e. The number of anilines is 2. The van der Waals surface area contributed by atoms with E-state index in [0.29, 0.717) is 18.3 Å². The Bertz CT molecular complexity index is 710. The number of aromatic nitrogens is 1. The Morgan fingerprint density at radius 3 is 2.86 bits per heavy atom. The molecule has 3 aromatic rings. The molecule has 108 valence electrons. The van der Waals surface area contributed by atoms with Gasteiger partial charge in [0, 0.05) is 12.2 Å². The summed E-state index contributed by atoms with van der Waals surface area (Å²) in [6, 6.07) is 15.7. The first kappa shape index (κ1) is 13.3. The summed E-state index contributed by atoms with van der Waals surface area (Å²) in [5.74, 6) is 0.884. The molecule has 0 radical (unpaired) electrons. The highest BCUT2D eigenvalue weighted by atomic mass is 16.5. The fraction of sp³-hybridized carbons (Fsp3) is 0.188.